The van der Waals surface area contributed by atoms with Crippen molar-refractivity contribution in [3.63, 3.8) is 0 Å². The molecule has 2 aliphatic heterocycles. The van der Waals surface area contributed by atoms with Crippen molar-refractivity contribution in [3.8, 4) is 0 Å². The smallest absolute Gasteiger partial charge is 0.171 e. The lowest BCUT2D eigenvalue weighted by Gasteiger charge is -2.38. The number of ether oxygens (including phenoxy) is 3. The van der Waals surface area contributed by atoms with Gasteiger partial charge in [-0.15, -0.1) is 11.8 Å². The standard InChI is InChI=1S/C17H24FNO3S/c1-20-7-2-10-23-16-12-14(18)11-15(13-16)19-5-3-17(4-6-19)21-8-9-22-17/h11-13H,2-10H2,1H3. The highest BCUT2D eigenvalue weighted by Crippen LogP contribution is 2.34. The third-order valence-electron chi connectivity index (χ3n) is 4.32. The van der Waals surface area contributed by atoms with E-state index in [1.54, 1.807) is 31.0 Å². The highest BCUT2D eigenvalue weighted by molar-refractivity contribution is 7.99. The molecule has 4 nitrogen and oxygen atoms in total. The molecule has 0 bridgehead atoms. The van der Waals surface area contributed by atoms with Gasteiger partial charge in [-0.05, 0) is 24.6 Å². The van der Waals surface area contributed by atoms with E-state index >= 15 is 0 Å². The van der Waals surface area contributed by atoms with Crippen LogP contribution in [0.5, 0.6) is 0 Å². The molecule has 1 spiro atoms. The molecule has 128 valence electrons. The van der Waals surface area contributed by atoms with Crippen LogP contribution in [-0.2, 0) is 14.2 Å². The van der Waals surface area contributed by atoms with Crippen LogP contribution >= 0.6 is 11.8 Å². The second-order valence-corrected chi connectivity index (χ2v) is 7.10. The predicted molar refractivity (Wildman–Crippen MR) is 89.7 cm³/mol. The van der Waals surface area contributed by atoms with Crippen LogP contribution in [0.4, 0.5) is 10.1 Å². The quantitative estimate of drug-likeness (QED) is 0.585. The third kappa shape index (κ3) is 4.38. The maximum absolute atomic E-state index is 13.9. The van der Waals surface area contributed by atoms with Crippen LogP contribution in [-0.4, -0.2) is 51.6 Å². The number of anilines is 1. The summed E-state index contributed by atoms with van der Waals surface area (Å²) in [6.45, 7) is 3.77. The van der Waals surface area contributed by atoms with Gasteiger partial charge in [0.25, 0.3) is 0 Å². The first kappa shape index (κ1) is 17.0. The Kier molecular flexibility index (Phi) is 5.80. The molecule has 0 saturated carbocycles. The van der Waals surface area contributed by atoms with Crippen molar-refractivity contribution in [2.24, 2.45) is 0 Å². The van der Waals surface area contributed by atoms with Crippen molar-refractivity contribution < 1.29 is 18.6 Å². The van der Waals surface area contributed by atoms with Crippen LogP contribution in [0.15, 0.2) is 23.1 Å². The SMILES string of the molecule is COCCCSc1cc(F)cc(N2CCC3(CC2)OCCO3)c1. The van der Waals surface area contributed by atoms with Crippen LogP contribution in [0.25, 0.3) is 0 Å². The molecule has 1 aromatic rings. The average Bonchev–Trinajstić information content (AvgIpc) is 3.00. The van der Waals surface area contributed by atoms with Gasteiger partial charge in [-0.25, -0.2) is 4.39 Å². The molecule has 0 atom stereocenters. The largest absolute Gasteiger partial charge is 0.385 e. The van der Waals surface area contributed by atoms with Crippen LogP contribution in [0.3, 0.4) is 0 Å². The van der Waals surface area contributed by atoms with Gasteiger partial charge in [0.1, 0.15) is 5.82 Å². The minimum atomic E-state index is -0.387. The Morgan fingerprint density at radius 2 is 1.96 bits per heavy atom. The Morgan fingerprint density at radius 1 is 1.22 bits per heavy atom. The van der Waals surface area contributed by atoms with Gasteiger partial charge >= 0.3 is 0 Å². The minimum Gasteiger partial charge on any atom is -0.385 e. The molecule has 0 aliphatic carbocycles. The molecule has 2 heterocycles. The number of hydrogen-bond acceptors (Lipinski definition) is 5. The number of benzene rings is 1. The summed E-state index contributed by atoms with van der Waals surface area (Å²) in [5.74, 6) is 0.369. The molecule has 0 unspecified atom stereocenters. The topological polar surface area (TPSA) is 30.9 Å². The van der Waals surface area contributed by atoms with Crippen LogP contribution < -0.4 is 4.90 Å². The molecule has 2 saturated heterocycles. The Morgan fingerprint density at radius 3 is 2.65 bits per heavy atom. The van der Waals surface area contributed by atoms with E-state index in [1.807, 2.05) is 0 Å². The summed E-state index contributed by atoms with van der Waals surface area (Å²) in [5.41, 5.74) is 0.951. The van der Waals surface area contributed by atoms with E-state index in [-0.39, 0.29) is 11.6 Å². The molecular formula is C17H24FNO3S. The van der Waals surface area contributed by atoms with Gasteiger partial charge in [-0.1, -0.05) is 0 Å². The van der Waals surface area contributed by atoms with E-state index in [1.165, 1.54) is 0 Å². The molecule has 6 heteroatoms. The number of hydrogen-bond donors (Lipinski definition) is 0. The highest BCUT2D eigenvalue weighted by atomic mass is 32.2. The zero-order valence-electron chi connectivity index (χ0n) is 13.6. The van der Waals surface area contributed by atoms with Crippen LogP contribution in [0.2, 0.25) is 0 Å². The maximum atomic E-state index is 13.9. The number of nitrogens with zero attached hydrogens (tertiary/aromatic N) is 1. The fraction of sp³-hybridized carbons (Fsp3) is 0.647. The van der Waals surface area contributed by atoms with Crippen molar-refractivity contribution in [1.29, 1.82) is 0 Å². The molecule has 2 fully saturated rings. The molecular weight excluding hydrogens is 317 g/mol. The van der Waals surface area contributed by atoms with Gasteiger partial charge in [0.2, 0.25) is 0 Å². The van der Waals surface area contributed by atoms with Crippen LogP contribution in [0, 0.1) is 5.82 Å². The Balaban J connectivity index is 1.60. The second kappa shape index (κ2) is 7.83. The normalized spacial score (nSPS) is 20.3. The molecule has 0 N–H and O–H groups in total. The summed E-state index contributed by atoms with van der Waals surface area (Å²) in [4.78, 5) is 3.20. The Bertz CT molecular complexity index is 513. The number of thioether (sulfide) groups is 1. The molecule has 3 rings (SSSR count). The summed E-state index contributed by atoms with van der Waals surface area (Å²) in [6, 6.07) is 5.30. The highest BCUT2D eigenvalue weighted by Gasteiger charge is 2.39. The molecule has 1 aromatic carbocycles. The zero-order valence-corrected chi connectivity index (χ0v) is 14.4. The number of piperidine rings is 1. The van der Waals surface area contributed by atoms with E-state index in [0.717, 1.165) is 55.3 Å². The lowest BCUT2D eigenvalue weighted by Crippen LogP contribution is -2.45. The summed E-state index contributed by atoms with van der Waals surface area (Å²) >= 11 is 1.68. The maximum Gasteiger partial charge on any atom is 0.171 e. The van der Waals surface area contributed by atoms with Crippen molar-refractivity contribution in [3.05, 3.63) is 24.0 Å². The van der Waals surface area contributed by atoms with Gasteiger partial charge in [0, 0.05) is 56.0 Å². The summed E-state index contributed by atoms with van der Waals surface area (Å²) < 4.78 is 30.5. The van der Waals surface area contributed by atoms with Crippen LogP contribution in [0.1, 0.15) is 19.3 Å². The number of rotatable bonds is 6. The first-order valence-corrected chi connectivity index (χ1v) is 9.15. The summed E-state index contributed by atoms with van der Waals surface area (Å²) in [7, 11) is 1.70. The number of methoxy groups -OCH3 is 1. The number of halogens is 1. The molecule has 2 aliphatic rings. The van der Waals surface area contributed by atoms with Gasteiger partial charge in [-0.3, -0.25) is 0 Å². The van der Waals surface area contributed by atoms with Crippen molar-refractivity contribution >= 4 is 17.4 Å². The predicted octanol–water partition coefficient (Wildman–Crippen LogP) is 3.30. The van der Waals surface area contributed by atoms with E-state index < -0.39 is 0 Å². The average molecular weight is 341 g/mol. The molecule has 0 radical (unpaired) electrons. The fourth-order valence-corrected chi connectivity index (χ4v) is 4.00. The monoisotopic (exact) mass is 341 g/mol. The van der Waals surface area contributed by atoms with Gasteiger partial charge < -0.3 is 19.1 Å². The Labute approximate surface area is 141 Å². The van der Waals surface area contributed by atoms with Gasteiger partial charge in [0.15, 0.2) is 5.79 Å². The van der Waals surface area contributed by atoms with Gasteiger partial charge in [0.05, 0.1) is 13.2 Å². The first-order chi connectivity index (χ1) is 11.2. The van der Waals surface area contributed by atoms with Gasteiger partial charge in [-0.2, -0.15) is 0 Å². The Hall–Kier alpha value is -0.820. The first-order valence-electron chi connectivity index (χ1n) is 8.16. The molecule has 23 heavy (non-hydrogen) atoms. The van der Waals surface area contributed by atoms with Crippen molar-refractivity contribution in [1.82, 2.24) is 0 Å². The lowest BCUT2D eigenvalue weighted by atomic mass is 10.0. The molecule has 0 amide bonds. The molecule has 0 aromatic heterocycles. The van der Waals surface area contributed by atoms with Crippen molar-refractivity contribution in [2.75, 3.05) is 50.7 Å². The van der Waals surface area contributed by atoms with Crippen molar-refractivity contribution in [2.45, 2.75) is 29.9 Å². The second-order valence-electron chi connectivity index (χ2n) is 5.93. The zero-order chi connectivity index (χ0) is 16.1. The fourth-order valence-electron chi connectivity index (χ4n) is 3.10. The van der Waals surface area contributed by atoms with E-state index in [4.69, 9.17) is 14.2 Å². The third-order valence-corrected chi connectivity index (χ3v) is 5.38. The van der Waals surface area contributed by atoms with E-state index in [2.05, 4.69) is 11.0 Å². The minimum absolute atomic E-state index is 0.176. The van der Waals surface area contributed by atoms with E-state index in [9.17, 15) is 4.39 Å². The summed E-state index contributed by atoms with van der Waals surface area (Å²) in [5, 5.41) is 0. The van der Waals surface area contributed by atoms with E-state index in [0.29, 0.717) is 13.2 Å². The lowest BCUT2D eigenvalue weighted by molar-refractivity contribution is -0.169. The summed E-state index contributed by atoms with van der Waals surface area (Å²) in [6.07, 6.45) is 2.63.